The summed E-state index contributed by atoms with van der Waals surface area (Å²) in [7, 11) is 1.97. The zero-order chi connectivity index (χ0) is 11.5. The quantitative estimate of drug-likeness (QED) is 0.797. The molecule has 4 nitrogen and oxygen atoms in total. The smallest absolute Gasteiger partial charge is 0.128 e. The molecule has 90 valence electrons. The van der Waals surface area contributed by atoms with Crippen LogP contribution in [0.1, 0.15) is 12.7 Å². The molecule has 0 aromatic carbocycles. The van der Waals surface area contributed by atoms with E-state index >= 15 is 0 Å². The van der Waals surface area contributed by atoms with Crippen molar-refractivity contribution in [2.24, 2.45) is 7.05 Å². The van der Waals surface area contributed by atoms with E-state index in [0.29, 0.717) is 5.15 Å². The molecule has 1 aliphatic heterocycles. The Morgan fingerprint density at radius 2 is 1.88 bits per heavy atom. The number of aromatic nitrogens is 2. The number of hydrogen-bond acceptors (Lipinski definition) is 3. The number of hydrogen-bond donors (Lipinski definition) is 0. The SMILES string of the molecule is CCN1CCN(Cc2ncc(Cl)n2C)CC1. The van der Waals surface area contributed by atoms with Gasteiger partial charge in [0.2, 0.25) is 0 Å². The molecule has 2 rings (SSSR count). The topological polar surface area (TPSA) is 24.3 Å². The van der Waals surface area contributed by atoms with Crippen LogP contribution in [0.5, 0.6) is 0 Å². The first-order valence-corrected chi connectivity index (χ1v) is 6.19. The van der Waals surface area contributed by atoms with Gasteiger partial charge in [0.1, 0.15) is 11.0 Å². The van der Waals surface area contributed by atoms with E-state index in [2.05, 4.69) is 21.7 Å². The largest absolute Gasteiger partial charge is 0.321 e. The molecule has 1 aromatic rings. The van der Waals surface area contributed by atoms with Gasteiger partial charge in [-0.15, -0.1) is 0 Å². The highest BCUT2D eigenvalue weighted by Gasteiger charge is 2.17. The summed E-state index contributed by atoms with van der Waals surface area (Å²) in [5.74, 6) is 1.05. The fourth-order valence-electron chi connectivity index (χ4n) is 2.03. The molecule has 1 aromatic heterocycles. The number of halogens is 1. The Morgan fingerprint density at radius 1 is 1.25 bits per heavy atom. The molecular weight excluding hydrogens is 224 g/mol. The molecule has 0 aliphatic carbocycles. The molecule has 0 unspecified atom stereocenters. The number of piperazine rings is 1. The lowest BCUT2D eigenvalue weighted by Crippen LogP contribution is -2.45. The average Bonchev–Trinajstić information content (AvgIpc) is 2.62. The standard InChI is InChI=1S/C11H19ClN4/c1-3-15-4-6-16(7-5-15)9-11-13-8-10(12)14(11)2/h8H,3-7,9H2,1-2H3. The monoisotopic (exact) mass is 242 g/mol. The van der Waals surface area contributed by atoms with Gasteiger partial charge in [0, 0.05) is 33.2 Å². The van der Waals surface area contributed by atoms with Gasteiger partial charge in [0.05, 0.1) is 12.7 Å². The fraction of sp³-hybridized carbons (Fsp3) is 0.727. The van der Waals surface area contributed by atoms with Crippen molar-refractivity contribution in [3.63, 3.8) is 0 Å². The summed E-state index contributed by atoms with van der Waals surface area (Å²) in [6, 6.07) is 0. The van der Waals surface area contributed by atoms with E-state index in [1.54, 1.807) is 6.20 Å². The third-order valence-corrected chi connectivity index (χ3v) is 3.66. The normalized spacial score (nSPS) is 19.2. The Bertz CT molecular complexity index is 342. The van der Waals surface area contributed by atoms with Crippen molar-refractivity contribution in [3.8, 4) is 0 Å². The van der Waals surface area contributed by atoms with Crippen molar-refractivity contribution in [2.75, 3.05) is 32.7 Å². The van der Waals surface area contributed by atoms with Crippen LogP contribution in [0.3, 0.4) is 0 Å². The molecular formula is C11H19ClN4. The maximum Gasteiger partial charge on any atom is 0.128 e. The highest BCUT2D eigenvalue weighted by molar-refractivity contribution is 6.29. The number of rotatable bonds is 3. The van der Waals surface area contributed by atoms with Crippen molar-refractivity contribution in [1.29, 1.82) is 0 Å². The Balaban J connectivity index is 1.89. The number of nitrogens with zero attached hydrogens (tertiary/aromatic N) is 4. The Morgan fingerprint density at radius 3 is 2.38 bits per heavy atom. The van der Waals surface area contributed by atoms with Crippen LogP contribution in [0, 0.1) is 0 Å². The van der Waals surface area contributed by atoms with Gasteiger partial charge in [-0.05, 0) is 6.54 Å². The molecule has 0 atom stereocenters. The Hall–Kier alpha value is -0.580. The summed E-state index contributed by atoms with van der Waals surface area (Å²) < 4.78 is 1.95. The van der Waals surface area contributed by atoms with Crippen LogP contribution in [-0.4, -0.2) is 52.1 Å². The third-order valence-electron chi connectivity index (χ3n) is 3.30. The molecule has 16 heavy (non-hydrogen) atoms. The summed E-state index contributed by atoms with van der Waals surface area (Å²) >= 11 is 5.97. The summed E-state index contributed by atoms with van der Waals surface area (Å²) in [5, 5.41) is 0.710. The average molecular weight is 243 g/mol. The van der Waals surface area contributed by atoms with Crippen LogP contribution in [0.4, 0.5) is 0 Å². The van der Waals surface area contributed by atoms with E-state index in [1.807, 2.05) is 11.6 Å². The molecule has 0 amide bonds. The van der Waals surface area contributed by atoms with E-state index < -0.39 is 0 Å². The third kappa shape index (κ3) is 2.56. The molecule has 5 heteroatoms. The van der Waals surface area contributed by atoms with Crippen molar-refractivity contribution in [1.82, 2.24) is 19.4 Å². The lowest BCUT2D eigenvalue weighted by Gasteiger charge is -2.33. The second kappa shape index (κ2) is 5.17. The maximum absolute atomic E-state index is 5.97. The van der Waals surface area contributed by atoms with E-state index in [1.165, 1.54) is 0 Å². The highest BCUT2D eigenvalue weighted by Crippen LogP contribution is 2.12. The molecule has 0 radical (unpaired) electrons. The molecule has 0 bridgehead atoms. The first-order chi connectivity index (χ1) is 7.70. The number of likely N-dealkylation sites (N-methyl/N-ethyl adjacent to an activating group) is 1. The van der Waals surface area contributed by atoms with Crippen molar-refractivity contribution in [3.05, 3.63) is 17.2 Å². The highest BCUT2D eigenvalue weighted by atomic mass is 35.5. The van der Waals surface area contributed by atoms with Gasteiger partial charge < -0.3 is 9.47 Å². The molecule has 2 heterocycles. The minimum absolute atomic E-state index is 0.710. The van der Waals surface area contributed by atoms with Gasteiger partial charge in [0.25, 0.3) is 0 Å². The van der Waals surface area contributed by atoms with Gasteiger partial charge in [-0.3, -0.25) is 4.90 Å². The van der Waals surface area contributed by atoms with E-state index in [-0.39, 0.29) is 0 Å². The zero-order valence-electron chi connectivity index (χ0n) is 9.99. The van der Waals surface area contributed by atoms with Crippen LogP contribution in [0.2, 0.25) is 5.15 Å². The fourth-order valence-corrected chi connectivity index (χ4v) is 2.18. The van der Waals surface area contributed by atoms with Crippen molar-refractivity contribution < 1.29 is 0 Å². The number of imidazole rings is 1. The molecule has 1 aliphatic rings. The van der Waals surface area contributed by atoms with Crippen molar-refractivity contribution in [2.45, 2.75) is 13.5 Å². The summed E-state index contributed by atoms with van der Waals surface area (Å²) in [5.41, 5.74) is 0. The van der Waals surface area contributed by atoms with Crippen LogP contribution < -0.4 is 0 Å². The van der Waals surface area contributed by atoms with Crippen LogP contribution in [0.25, 0.3) is 0 Å². The van der Waals surface area contributed by atoms with Gasteiger partial charge in [-0.2, -0.15) is 0 Å². The molecule has 1 saturated heterocycles. The Labute approximate surface area is 102 Å². The maximum atomic E-state index is 5.97. The molecule has 0 N–H and O–H groups in total. The second-order valence-corrected chi connectivity index (χ2v) is 4.65. The summed E-state index contributed by atoms with van der Waals surface area (Å²) in [6.07, 6.45) is 1.72. The van der Waals surface area contributed by atoms with Crippen LogP contribution in [-0.2, 0) is 13.6 Å². The first-order valence-electron chi connectivity index (χ1n) is 5.81. The molecule has 0 spiro atoms. The van der Waals surface area contributed by atoms with Crippen LogP contribution in [0.15, 0.2) is 6.20 Å². The van der Waals surface area contributed by atoms with Crippen molar-refractivity contribution >= 4 is 11.6 Å². The predicted molar refractivity (Wildman–Crippen MR) is 65.6 cm³/mol. The van der Waals surface area contributed by atoms with E-state index in [0.717, 1.165) is 45.1 Å². The minimum atomic E-state index is 0.710. The Kier molecular flexibility index (Phi) is 3.84. The second-order valence-electron chi connectivity index (χ2n) is 4.27. The lowest BCUT2D eigenvalue weighted by molar-refractivity contribution is 0.129. The zero-order valence-corrected chi connectivity index (χ0v) is 10.7. The first kappa shape index (κ1) is 11.9. The molecule has 1 fully saturated rings. The molecule has 0 saturated carbocycles. The van der Waals surface area contributed by atoms with E-state index in [9.17, 15) is 0 Å². The minimum Gasteiger partial charge on any atom is -0.321 e. The summed E-state index contributed by atoms with van der Waals surface area (Å²) in [6.45, 7) is 8.84. The van der Waals surface area contributed by atoms with Gasteiger partial charge >= 0.3 is 0 Å². The predicted octanol–water partition coefficient (Wildman–Crippen LogP) is 1.21. The lowest BCUT2D eigenvalue weighted by atomic mass is 10.3. The van der Waals surface area contributed by atoms with Gasteiger partial charge in [0.15, 0.2) is 0 Å². The van der Waals surface area contributed by atoms with Gasteiger partial charge in [-0.1, -0.05) is 18.5 Å². The van der Waals surface area contributed by atoms with Gasteiger partial charge in [-0.25, -0.2) is 4.98 Å². The van der Waals surface area contributed by atoms with Crippen LogP contribution >= 0.6 is 11.6 Å². The summed E-state index contributed by atoms with van der Waals surface area (Å²) in [4.78, 5) is 9.23. The van der Waals surface area contributed by atoms with E-state index in [4.69, 9.17) is 11.6 Å².